The van der Waals surface area contributed by atoms with E-state index < -0.39 is 10.0 Å². The van der Waals surface area contributed by atoms with Crippen LogP contribution in [0, 0.1) is 17.2 Å². The zero-order valence-electron chi connectivity index (χ0n) is 17.2. The van der Waals surface area contributed by atoms with Crippen molar-refractivity contribution in [2.75, 3.05) is 18.4 Å². The van der Waals surface area contributed by atoms with Crippen LogP contribution in [-0.4, -0.2) is 31.7 Å². The van der Waals surface area contributed by atoms with E-state index in [9.17, 15) is 13.2 Å². The average molecular weight is 426 g/mol. The highest BCUT2D eigenvalue weighted by Crippen LogP contribution is 2.25. The molecule has 0 saturated carbocycles. The Morgan fingerprint density at radius 2 is 1.73 bits per heavy atom. The molecule has 1 N–H and O–H groups in total. The van der Waals surface area contributed by atoms with Gasteiger partial charge in [-0.25, -0.2) is 8.42 Å². The Bertz CT molecular complexity index is 1000. The number of unbranched alkanes of at least 4 members (excludes halogenated alkanes) is 1. The highest BCUT2D eigenvalue weighted by Gasteiger charge is 2.32. The summed E-state index contributed by atoms with van der Waals surface area (Å²) in [6.07, 6.45) is 4.30. The van der Waals surface area contributed by atoms with Crippen molar-refractivity contribution < 1.29 is 13.2 Å². The SMILES string of the molecule is CCCCc1ccc(NC(=O)C2CCN(S(=O)(=O)c3ccc(C#N)cc3)CC2)cc1. The first-order valence-corrected chi connectivity index (χ1v) is 11.8. The van der Waals surface area contributed by atoms with Crippen LogP contribution >= 0.6 is 0 Å². The van der Waals surface area contributed by atoms with Crippen molar-refractivity contribution in [3.05, 3.63) is 59.7 Å². The molecule has 0 atom stereocenters. The fourth-order valence-corrected chi connectivity index (χ4v) is 5.06. The van der Waals surface area contributed by atoms with Gasteiger partial charge >= 0.3 is 0 Å². The van der Waals surface area contributed by atoms with Crippen LogP contribution in [0.25, 0.3) is 0 Å². The molecule has 6 nitrogen and oxygen atoms in total. The molecule has 158 valence electrons. The van der Waals surface area contributed by atoms with Crippen LogP contribution in [0.1, 0.15) is 43.7 Å². The number of benzene rings is 2. The van der Waals surface area contributed by atoms with E-state index in [-0.39, 0.29) is 16.7 Å². The second-order valence-corrected chi connectivity index (χ2v) is 9.54. The molecule has 0 aromatic heterocycles. The van der Waals surface area contributed by atoms with Crippen molar-refractivity contribution in [2.45, 2.75) is 43.9 Å². The number of hydrogen-bond donors (Lipinski definition) is 1. The van der Waals surface area contributed by atoms with E-state index in [0.29, 0.717) is 31.5 Å². The maximum Gasteiger partial charge on any atom is 0.243 e. The van der Waals surface area contributed by atoms with Crippen molar-refractivity contribution in [2.24, 2.45) is 5.92 Å². The Morgan fingerprint density at radius 1 is 1.10 bits per heavy atom. The molecule has 0 radical (unpaired) electrons. The number of amides is 1. The minimum Gasteiger partial charge on any atom is -0.326 e. The van der Waals surface area contributed by atoms with Gasteiger partial charge < -0.3 is 5.32 Å². The van der Waals surface area contributed by atoms with Crippen LogP contribution in [0.4, 0.5) is 5.69 Å². The topological polar surface area (TPSA) is 90.3 Å². The number of nitriles is 1. The summed E-state index contributed by atoms with van der Waals surface area (Å²) in [6.45, 7) is 2.77. The van der Waals surface area contributed by atoms with Gasteiger partial charge in [0.1, 0.15) is 0 Å². The smallest absolute Gasteiger partial charge is 0.243 e. The van der Waals surface area contributed by atoms with E-state index in [2.05, 4.69) is 12.2 Å². The molecule has 30 heavy (non-hydrogen) atoms. The van der Waals surface area contributed by atoms with Crippen molar-refractivity contribution in [3.8, 4) is 6.07 Å². The molecule has 7 heteroatoms. The van der Waals surface area contributed by atoms with Crippen LogP contribution < -0.4 is 5.32 Å². The summed E-state index contributed by atoms with van der Waals surface area (Å²) in [5, 5.41) is 11.8. The third-order valence-electron chi connectivity index (χ3n) is 5.49. The Labute approximate surface area is 178 Å². The highest BCUT2D eigenvalue weighted by molar-refractivity contribution is 7.89. The number of carbonyl (C=O) groups is 1. The van der Waals surface area contributed by atoms with Crippen LogP contribution in [0.3, 0.4) is 0 Å². The average Bonchev–Trinajstić information content (AvgIpc) is 2.78. The van der Waals surface area contributed by atoms with Gasteiger partial charge in [-0.15, -0.1) is 0 Å². The summed E-state index contributed by atoms with van der Waals surface area (Å²) in [4.78, 5) is 12.8. The number of anilines is 1. The van der Waals surface area contributed by atoms with Gasteiger partial charge in [-0.1, -0.05) is 25.5 Å². The fraction of sp³-hybridized carbons (Fsp3) is 0.391. The van der Waals surface area contributed by atoms with Gasteiger partial charge in [0.25, 0.3) is 0 Å². The Balaban J connectivity index is 1.55. The first-order valence-electron chi connectivity index (χ1n) is 10.3. The fourth-order valence-electron chi connectivity index (χ4n) is 3.59. The predicted octanol–water partition coefficient (Wildman–Crippen LogP) is 3.94. The number of rotatable bonds is 7. The molecule has 0 unspecified atom stereocenters. The third kappa shape index (κ3) is 5.26. The summed E-state index contributed by atoms with van der Waals surface area (Å²) in [5.41, 5.74) is 2.45. The van der Waals surface area contributed by atoms with Gasteiger partial charge in [-0.2, -0.15) is 9.57 Å². The molecule has 2 aromatic rings. The van der Waals surface area contributed by atoms with Gasteiger partial charge in [0.15, 0.2) is 0 Å². The minimum absolute atomic E-state index is 0.0632. The zero-order chi connectivity index (χ0) is 21.6. The summed E-state index contributed by atoms with van der Waals surface area (Å²) in [6, 6.07) is 15.8. The molecule has 1 heterocycles. The van der Waals surface area contributed by atoms with Crippen molar-refractivity contribution in [1.29, 1.82) is 5.26 Å². The van der Waals surface area contributed by atoms with E-state index in [1.54, 1.807) is 0 Å². The molecule has 0 bridgehead atoms. The van der Waals surface area contributed by atoms with Crippen LogP contribution in [0.2, 0.25) is 0 Å². The molecule has 1 fully saturated rings. The lowest BCUT2D eigenvalue weighted by Crippen LogP contribution is -2.41. The quantitative estimate of drug-likeness (QED) is 0.727. The van der Waals surface area contributed by atoms with Gasteiger partial charge in [-0.3, -0.25) is 4.79 Å². The largest absolute Gasteiger partial charge is 0.326 e. The normalized spacial score (nSPS) is 15.5. The lowest BCUT2D eigenvalue weighted by atomic mass is 9.97. The van der Waals surface area contributed by atoms with E-state index in [1.165, 1.54) is 34.1 Å². The maximum absolute atomic E-state index is 12.8. The molecule has 3 rings (SSSR count). The second kappa shape index (κ2) is 9.88. The number of piperidine rings is 1. The van der Waals surface area contributed by atoms with Gasteiger partial charge in [0.05, 0.1) is 16.5 Å². The number of nitrogens with zero attached hydrogens (tertiary/aromatic N) is 2. The van der Waals surface area contributed by atoms with Crippen molar-refractivity contribution in [3.63, 3.8) is 0 Å². The van der Waals surface area contributed by atoms with E-state index in [4.69, 9.17) is 5.26 Å². The van der Waals surface area contributed by atoms with E-state index >= 15 is 0 Å². The molecule has 1 aliphatic heterocycles. The minimum atomic E-state index is -3.62. The second-order valence-electron chi connectivity index (χ2n) is 7.60. The first kappa shape index (κ1) is 22.0. The zero-order valence-corrected chi connectivity index (χ0v) is 18.0. The van der Waals surface area contributed by atoms with Crippen molar-refractivity contribution >= 4 is 21.6 Å². The molecule has 1 amide bonds. The van der Waals surface area contributed by atoms with E-state index in [1.807, 2.05) is 30.3 Å². The lowest BCUT2D eigenvalue weighted by Gasteiger charge is -2.30. The third-order valence-corrected chi connectivity index (χ3v) is 7.40. The summed E-state index contributed by atoms with van der Waals surface area (Å²) in [5.74, 6) is -0.274. The molecule has 1 saturated heterocycles. The van der Waals surface area contributed by atoms with Crippen LogP contribution in [0.5, 0.6) is 0 Å². The van der Waals surface area contributed by atoms with Crippen molar-refractivity contribution in [1.82, 2.24) is 4.31 Å². The van der Waals surface area contributed by atoms with Crippen LogP contribution in [-0.2, 0) is 21.2 Å². The molecule has 0 spiro atoms. The van der Waals surface area contributed by atoms with Crippen LogP contribution in [0.15, 0.2) is 53.4 Å². The number of aryl methyl sites for hydroxylation is 1. The Kier molecular flexibility index (Phi) is 7.24. The number of hydrogen-bond acceptors (Lipinski definition) is 4. The Morgan fingerprint density at radius 3 is 2.30 bits per heavy atom. The van der Waals surface area contributed by atoms with E-state index in [0.717, 1.165) is 24.9 Å². The number of sulfonamides is 1. The Hall–Kier alpha value is -2.69. The van der Waals surface area contributed by atoms with Gasteiger partial charge in [0, 0.05) is 24.7 Å². The number of nitrogens with one attached hydrogen (secondary N) is 1. The monoisotopic (exact) mass is 425 g/mol. The van der Waals surface area contributed by atoms with Gasteiger partial charge in [-0.05, 0) is 67.6 Å². The molecular weight excluding hydrogens is 398 g/mol. The first-order chi connectivity index (χ1) is 14.4. The van der Waals surface area contributed by atoms with Gasteiger partial charge in [0.2, 0.25) is 15.9 Å². The molecule has 0 aliphatic carbocycles. The standard InChI is InChI=1S/C23H27N3O3S/c1-2-3-4-18-5-9-21(10-6-18)25-23(27)20-13-15-26(16-14-20)30(28,29)22-11-7-19(17-24)8-12-22/h5-12,20H,2-4,13-16H2,1H3,(H,25,27). The predicted molar refractivity (Wildman–Crippen MR) is 116 cm³/mol. The summed E-state index contributed by atoms with van der Waals surface area (Å²) < 4.78 is 27.0. The summed E-state index contributed by atoms with van der Waals surface area (Å²) >= 11 is 0. The molecule has 2 aromatic carbocycles. The molecule has 1 aliphatic rings. The lowest BCUT2D eigenvalue weighted by molar-refractivity contribution is -0.120. The summed E-state index contributed by atoms with van der Waals surface area (Å²) in [7, 11) is -3.62. The number of carbonyl (C=O) groups excluding carboxylic acids is 1. The highest BCUT2D eigenvalue weighted by atomic mass is 32.2. The maximum atomic E-state index is 12.8. The molecular formula is C23H27N3O3S.